The van der Waals surface area contributed by atoms with Crippen LogP contribution in [0.5, 0.6) is 0 Å². The Morgan fingerprint density at radius 1 is 0.882 bits per heavy atom. The number of allylic oxidation sites excluding steroid dienone is 6. The SMILES string of the molecule is [CH2-]C=C(C)CCC=C(C)CCC=C(C)C.[Cl-].[Mg+2]. The Labute approximate surface area is 130 Å². The van der Waals surface area contributed by atoms with Crippen LogP contribution in [0, 0.1) is 6.92 Å². The molecule has 2 heteroatoms. The first kappa shape index (κ1) is 22.3. The van der Waals surface area contributed by atoms with Crippen molar-refractivity contribution in [1.29, 1.82) is 0 Å². The van der Waals surface area contributed by atoms with Crippen molar-refractivity contribution in [3.63, 3.8) is 0 Å². The molecule has 17 heavy (non-hydrogen) atoms. The molecule has 0 bridgehead atoms. The van der Waals surface area contributed by atoms with Gasteiger partial charge in [0.25, 0.3) is 0 Å². The Hall–Kier alpha value is 0.146. The van der Waals surface area contributed by atoms with Gasteiger partial charge in [-0.1, -0.05) is 29.7 Å². The monoisotopic (exact) mass is 264 g/mol. The summed E-state index contributed by atoms with van der Waals surface area (Å²) < 4.78 is 0. The minimum atomic E-state index is 0. The second-order valence-electron chi connectivity index (χ2n) is 4.46. The first-order chi connectivity index (χ1) is 7.06. The molecular formula is C15H25ClMg. The summed E-state index contributed by atoms with van der Waals surface area (Å²) >= 11 is 0. The first-order valence-corrected chi connectivity index (χ1v) is 5.80. The third-order valence-corrected chi connectivity index (χ3v) is 2.47. The van der Waals surface area contributed by atoms with Crippen molar-refractivity contribution in [1.82, 2.24) is 0 Å². The maximum absolute atomic E-state index is 3.76. The average Bonchev–Trinajstić information content (AvgIpc) is 2.17. The second kappa shape index (κ2) is 14.2. The van der Waals surface area contributed by atoms with Crippen LogP contribution in [0.1, 0.15) is 53.4 Å². The largest absolute Gasteiger partial charge is 2.00 e. The van der Waals surface area contributed by atoms with E-state index in [4.69, 9.17) is 0 Å². The van der Waals surface area contributed by atoms with Crippen molar-refractivity contribution in [2.75, 3.05) is 0 Å². The Balaban J connectivity index is -0.000000980. The molecule has 0 aromatic carbocycles. The van der Waals surface area contributed by atoms with Crippen LogP contribution < -0.4 is 12.4 Å². The predicted octanol–water partition coefficient (Wildman–Crippen LogP) is 1.86. The molecule has 0 aromatic heterocycles. The molecule has 0 rings (SSSR count). The molecule has 0 aromatic rings. The minimum absolute atomic E-state index is 0. The van der Waals surface area contributed by atoms with Gasteiger partial charge in [0.15, 0.2) is 0 Å². The summed E-state index contributed by atoms with van der Waals surface area (Å²) in [6.07, 6.45) is 11.3. The fraction of sp³-hybridized carbons (Fsp3) is 0.533. The standard InChI is InChI=1S/C15H25.ClH.Mg/c1-6-14(4)10-8-12-15(5)11-7-9-13(2)3;;/h6,9,12H,1,7-8,10-11H2,2-5H3;1H;/q-1;;+2/p-1. The molecule has 0 nitrogen and oxygen atoms in total. The van der Waals surface area contributed by atoms with Crippen molar-refractivity contribution < 1.29 is 12.4 Å². The summed E-state index contributed by atoms with van der Waals surface area (Å²) in [4.78, 5) is 0. The van der Waals surface area contributed by atoms with Gasteiger partial charge in [0.05, 0.1) is 0 Å². The van der Waals surface area contributed by atoms with Crippen LogP contribution in [0.3, 0.4) is 0 Å². The van der Waals surface area contributed by atoms with Crippen molar-refractivity contribution in [2.24, 2.45) is 0 Å². The summed E-state index contributed by atoms with van der Waals surface area (Å²) in [6.45, 7) is 12.4. The van der Waals surface area contributed by atoms with E-state index >= 15 is 0 Å². The van der Waals surface area contributed by atoms with E-state index in [0.717, 1.165) is 12.8 Å². The Bertz CT molecular complexity index is 258. The molecule has 0 saturated heterocycles. The molecule has 0 saturated carbocycles. The number of halogens is 1. The van der Waals surface area contributed by atoms with Crippen molar-refractivity contribution in [3.8, 4) is 0 Å². The summed E-state index contributed by atoms with van der Waals surface area (Å²) in [5.41, 5.74) is 4.30. The van der Waals surface area contributed by atoms with Gasteiger partial charge in [-0.15, -0.1) is 6.92 Å². The molecular weight excluding hydrogens is 240 g/mol. The third-order valence-electron chi connectivity index (χ3n) is 2.47. The van der Waals surface area contributed by atoms with Gasteiger partial charge in [0, 0.05) is 0 Å². The van der Waals surface area contributed by atoms with Gasteiger partial charge < -0.3 is 12.4 Å². The van der Waals surface area contributed by atoms with E-state index < -0.39 is 0 Å². The topological polar surface area (TPSA) is 0 Å². The van der Waals surface area contributed by atoms with E-state index in [1.54, 1.807) is 0 Å². The van der Waals surface area contributed by atoms with E-state index in [1.165, 1.54) is 29.6 Å². The Kier molecular flexibility index (Phi) is 18.7. The normalized spacial score (nSPS) is 11.3. The molecule has 0 unspecified atom stereocenters. The zero-order valence-corrected chi connectivity index (χ0v) is 14.0. The Morgan fingerprint density at radius 3 is 1.82 bits per heavy atom. The van der Waals surface area contributed by atoms with Crippen LogP contribution in [0.15, 0.2) is 34.9 Å². The molecule has 0 aliphatic rings. The van der Waals surface area contributed by atoms with Gasteiger partial charge in [-0.3, -0.25) is 0 Å². The van der Waals surface area contributed by atoms with Crippen molar-refractivity contribution in [2.45, 2.75) is 53.4 Å². The molecule has 0 atom stereocenters. The van der Waals surface area contributed by atoms with Gasteiger partial charge in [0.1, 0.15) is 0 Å². The van der Waals surface area contributed by atoms with E-state index in [2.05, 4.69) is 46.8 Å². The van der Waals surface area contributed by atoms with Crippen molar-refractivity contribution >= 4 is 23.1 Å². The second-order valence-corrected chi connectivity index (χ2v) is 4.46. The van der Waals surface area contributed by atoms with E-state index in [9.17, 15) is 0 Å². The van der Waals surface area contributed by atoms with Gasteiger partial charge in [-0.05, 0) is 40.0 Å². The van der Waals surface area contributed by atoms with Gasteiger partial charge in [0.2, 0.25) is 0 Å². The minimum Gasteiger partial charge on any atom is -1.00 e. The fourth-order valence-corrected chi connectivity index (χ4v) is 1.34. The number of hydrogen-bond donors (Lipinski definition) is 0. The van der Waals surface area contributed by atoms with Crippen LogP contribution in [0.25, 0.3) is 0 Å². The predicted molar refractivity (Wildman–Crippen MR) is 76.5 cm³/mol. The molecule has 0 N–H and O–H groups in total. The van der Waals surface area contributed by atoms with Gasteiger partial charge >= 0.3 is 23.1 Å². The molecule has 94 valence electrons. The van der Waals surface area contributed by atoms with E-state index in [0.29, 0.717) is 0 Å². The zero-order chi connectivity index (χ0) is 11.7. The Morgan fingerprint density at radius 2 is 1.35 bits per heavy atom. The quantitative estimate of drug-likeness (QED) is 0.390. The van der Waals surface area contributed by atoms with E-state index in [-0.39, 0.29) is 35.5 Å². The smallest absolute Gasteiger partial charge is 1.00 e. The molecule has 0 aliphatic heterocycles. The maximum Gasteiger partial charge on any atom is 2.00 e. The van der Waals surface area contributed by atoms with Crippen LogP contribution in [-0.4, -0.2) is 23.1 Å². The molecule has 0 fully saturated rings. The van der Waals surface area contributed by atoms with Crippen LogP contribution >= 0.6 is 0 Å². The maximum atomic E-state index is 3.76. The number of hydrogen-bond acceptors (Lipinski definition) is 0. The zero-order valence-electron chi connectivity index (χ0n) is 11.9. The molecule has 0 spiro atoms. The van der Waals surface area contributed by atoms with Gasteiger partial charge in [-0.25, -0.2) is 18.6 Å². The first-order valence-electron chi connectivity index (χ1n) is 5.80. The fourth-order valence-electron chi connectivity index (χ4n) is 1.34. The summed E-state index contributed by atoms with van der Waals surface area (Å²) in [5, 5.41) is 0. The average molecular weight is 265 g/mol. The van der Waals surface area contributed by atoms with Crippen LogP contribution in [0.2, 0.25) is 0 Å². The van der Waals surface area contributed by atoms with E-state index in [1.807, 2.05) is 6.08 Å². The van der Waals surface area contributed by atoms with Crippen molar-refractivity contribution in [3.05, 3.63) is 41.9 Å². The van der Waals surface area contributed by atoms with Crippen LogP contribution in [-0.2, 0) is 0 Å². The molecule has 0 radical (unpaired) electrons. The van der Waals surface area contributed by atoms with Gasteiger partial charge in [-0.2, -0.15) is 0 Å². The molecule has 0 aliphatic carbocycles. The summed E-state index contributed by atoms with van der Waals surface area (Å²) in [6, 6.07) is 0. The molecule has 0 amide bonds. The van der Waals surface area contributed by atoms with Crippen LogP contribution in [0.4, 0.5) is 0 Å². The third kappa shape index (κ3) is 16.1. The number of rotatable bonds is 6. The molecule has 0 heterocycles. The summed E-state index contributed by atoms with van der Waals surface area (Å²) in [7, 11) is 0. The summed E-state index contributed by atoms with van der Waals surface area (Å²) in [5.74, 6) is 0.